The maximum absolute atomic E-state index is 12.2. The number of rotatable bonds is 1. The lowest BCUT2D eigenvalue weighted by Gasteiger charge is -2.25. The van der Waals surface area contributed by atoms with Crippen LogP contribution in [0.5, 0.6) is 0 Å². The van der Waals surface area contributed by atoms with Crippen LogP contribution >= 0.6 is 0 Å². The van der Waals surface area contributed by atoms with Crippen molar-refractivity contribution in [1.29, 1.82) is 0 Å². The van der Waals surface area contributed by atoms with E-state index in [0.717, 1.165) is 19.3 Å². The van der Waals surface area contributed by atoms with Gasteiger partial charge >= 0.3 is 12.1 Å². The van der Waals surface area contributed by atoms with E-state index in [1.807, 2.05) is 27.7 Å². The second-order valence-corrected chi connectivity index (χ2v) is 5.98. The first-order valence-electron chi connectivity index (χ1n) is 6.68. The molecule has 1 aliphatic carbocycles. The molecule has 0 bridgehead atoms. The van der Waals surface area contributed by atoms with Crippen molar-refractivity contribution in [2.75, 3.05) is 6.54 Å². The van der Waals surface area contributed by atoms with Gasteiger partial charge in [-0.2, -0.15) is 0 Å². The highest BCUT2D eigenvalue weighted by Gasteiger charge is 2.51. The number of carbonyl (C=O) groups excluding carboxylic acids is 2. The molecule has 0 spiro atoms. The molecule has 3 amide bonds. The molecule has 0 radical (unpaired) electrons. The number of nitrogens with zero attached hydrogens (tertiary/aromatic N) is 2. The number of carbonyl (C=O) groups is 2. The SMILES string of the molecule is CCN1C(=O)N(C(=O)OC(C)(C)C)C2CCCC21. The first-order chi connectivity index (χ1) is 8.35. The molecule has 2 atom stereocenters. The summed E-state index contributed by atoms with van der Waals surface area (Å²) in [6.45, 7) is 8.05. The van der Waals surface area contributed by atoms with Crippen molar-refractivity contribution in [2.45, 2.75) is 64.6 Å². The predicted octanol–water partition coefficient (Wildman–Crippen LogP) is 2.60. The van der Waals surface area contributed by atoms with Gasteiger partial charge in [-0.15, -0.1) is 0 Å². The van der Waals surface area contributed by atoms with E-state index in [0.29, 0.717) is 6.54 Å². The minimum absolute atomic E-state index is 0.00676. The molecule has 5 heteroatoms. The van der Waals surface area contributed by atoms with Crippen molar-refractivity contribution >= 4 is 12.1 Å². The smallest absolute Gasteiger partial charge is 0.418 e. The number of fused-ring (bicyclic) bond motifs is 1. The molecule has 0 aromatic heterocycles. The molecule has 0 N–H and O–H groups in total. The molecule has 2 aliphatic rings. The van der Waals surface area contributed by atoms with Gasteiger partial charge in [-0.3, -0.25) is 0 Å². The van der Waals surface area contributed by atoms with Crippen molar-refractivity contribution in [1.82, 2.24) is 9.80 Å². The Morgan fingerprint density at radius 2 is 1.94 bits per heavy atom. The molecular weight excluding hydrogens is 232 g/mol. The van der Waals surface area contributed by atoms with Gasteiger partial charge in [-0.05, 0) is 47.0 Å². The van der Waals surface area contributed by atoms with Crippen LogP contribution in [-0.4, -0.2) is 46.2 Å². The third kappa shape index (κ3) is 2.18. The number of urea groups is 1. The van der Waals surface area contributed by atoms with E-state index in [4.69, 9.17) is 4.74 Å². The lowest BCUT2D eigenvalue weighted by Crippen LogP contribution is -2.43. The Morgan fingerprint density at radius 3 is 2.50 bits per heavy atom. The highest BCUT2D eigenvalue weighted by atomic mass is 16.6. The summed E-state index contributed by atoms with van der Waals surface area (Å²) in [6.07, 6.45) is 2.45. The van der Waals surface area contributed by atoms with Crippen LogP contribution in [0.1, 0.15) is 47.0 Å². The number of hydrogen-bond acceptors (Lipinski definition) is 3. The van der Waals surface area contributed by atoms with E-state index >= 15 is 0 Å². The number of hydrogen-bond donors (Lipinski definition) is 0. The van der Waals surface area contributed by atoms with E-state index in [-0.39, 0.29) is 18.1 Å². The fraction of sp³-hybridized carbons (Fsp3) is 0.846. The van der Waals surface area contributed by atoms with Crippen LogP contribution in [0.4, 0.5) is 9.59 Å². The van der Waals surface area contributed by atoms with Crippen molar-refractivity contribution in [3.8, 4) is 0 Å². The lowest BCUT2D eigenvalue weighted by atomic mass is 10.2. The van der Waals surface area contributed by atoms with Crippen molar-refractivity contribution in [2.24, 2.45) is 0 Å². The van der Waals surface area contributed by atoms with Gasteiger partial charge in [-0.1, -0.05) is 0 Å². The largest absolute Gasteiger partial charge is 0.443 e. The summed E-state index contributed by atoms with van der Waals surface area (Å²) in [6, 6.07) is 0.00349. The zero-order chi connectivity index (χ0) is 13.5. The molecule has 1 heterocycles. The lowest BCUT2D eigenvalue weighted by molar-refractivity contribution is 0.0293. The molecule has 0 aromatic rings. The molecule has 102 valence electrons. The van der Waals surface area contributed by atoms with Crippen molar-refractivity contribution < 1.29 is 14.3 Å². The molecule has 1 saturated heterocycles. The Hall–Kier alpha value is -1.26. The first-order valence-corrected chi connectivity index (χ1v) is 6.68. The van der Waals surface area contributed by atoms with Crippen molar-refractivity contribution in [3.05, 3.63) is 0 Å². The minimum Gasteiger partial charge on any atom is -0.443 e. The minimum atomic E-state index is -0.564. The average Bonchev–Trinajstić information content (AvgIpc) is 2.73. The Balaban J connectivity index is 2.17. The van der Waals surface area contributed by atoms with Crippen LogP contribution in [0.15, 0.2) is 0 Å². The number of ether oxygens (including phenoxy) is 1. The third-order valence-electron chi connectivity index (χ3n) is 3.56. The number of imide groups is 1. The second-order valence-electron chi connectivity index (χ2n) is 5.98. The van der Waals surface area contributed by atoms with Gasteiger partial charge in [0, 0.05) is 6.54 Å². The van der Waals surface area contributed by atoms with E-state index in [1.54, 1.807) is 4.90 Å². The van der Waals surface area contributed by atoms with Crippen LogP contribution in [-0.2, 0) is 4.74 Å². The third-order valence-corrected chi connectivity index (χ3v) is 3.56. The summed E-state index contributed by atoms with van der Waals surface area (Å²) < 4.78 is 5.33. The van der Waals surface area contributed by atoms with Gasteiger partial charge in [0.25, 0.3) is 0 Å². The van der Waals surface area contributed by atoms with E-state index in [1.165, 1.54) is 4.90 Å². The first kappa shape index (κ1) is 13.2. The summed E-state index contributed by atoms with van der Waals surface area (Å²) in [4.78, 5) is 27.5. The Bertz CT molecular complexity index is 362. The molecule has 5 nitrogen and oxygen atoms in total. The van der Waals surface area contributed by atoms with Gasteiger partial charge in [0.2, 0.25) is 0 Å². The fourth-order valence-electron chi connectivity index (χ4n) is 2.90. The van der Waals surface area contributed by atoms with Gasteiger partial charge in [0.15, 0.2) is 0 Å². The summed E-state index contributed by atoms with van der Waals surface area (Å²) in [7, 11) is 0. The highest BCUT2D eigenvalue weighted by Crippen LogP contribution is 2.36. The van der Waals surface area contributed by atoms with Crippen molar-refractivity contribution in [3.63, 3.8) is 0 Å². The zero-order valence-electron chi connectivity index (χ0n) is 11.6. The number of likely N-dealkylation sites (N-methyl/N-ethyl adjacent to an activating group) is 1. The van der Waals surface area contributed by atoms with E-state index in [2.05, 4.69) is 0 Å². The van der Waals surface area contributed by atoms with Gasteiger partial charge in [0.1, 0.15) is 5.60 Å². The predicted molar refractivity (Wildman–Crippen MR) is 67.3 cm³/mol. The summed E-state index contributed by atoms with van der Waals surface area (Å²) in [5.41, 5.74) is -0.564. The maximum Gasteiger partial charge on any atom is 0.418 e. The molecule has 0 aromatic carbocycles. The topological polar surface area (TPSA) is 49.9 Å². The van der Waals surface area contributed by atoms with E-state index in [9.17, 15) is 9.59 Å². The standard InChI is InChI=1S/C13H22N2O3/c1-5-14-9-7-6-8-10(9)15(11(14)16)12(17)18-13(2,3)4/h9-10H,5-8H2,1-4H3. The Morgan fingerprint density at radius 1 is 1.33 bits per heavy atom. The van der Waals surface area contributed by atoms with Crippen LogP contribution in [0, 0.1) is 0 Å². The second kappa shape index (κ2) is 4.44. The molecule has 1 aliphatic heterocycles. The van der Waals surface area contributed by atoms with Crippen LogP contribution in [0.2, 0.25) is 0 Å². The molecule has 18 heavy (non-hydrogen) atoms. The quantitative estimate of drug-likeness (QED) is 0.722. The van der Waals surface area contributed by atoms with Gasteiger partial charge in [-0.25, -0.2) is 14.5 Å². The number of amides is 3. The highest BCUT2D eigenvalue weighted by molar-refractivity contribution is 5.93. The molecule has 1 saturated carbocycles. The Kier molecular flexibility index (Phi) is 3.25. The average molecular weight is 254 g/mol. The van der Waals surface area contributed by atoms with Gasteiger partial charge < -0.3 is 9.64 Å². The summed E-state index contributed by atoms with van der Waals surface area (Å²) in [5.74, 6) is 0. The summed E-state index contributed by atoms with van der Waals surface area (Å²) in [5, 5.41) is 0. The monoisotopic (exact) mass is 254 g/mol. The Labute approximate surface area is 108 Å². The molecule has 2 unspecified atom stereocenters. The van der Waals surface area contributed by atoms with Gasteiger partial charge in [0.05, 0.1) is 12.1 Å². The fourth-order valence-corrected chi connectivity index (χ4v) is 2.90. The molecule has 2 fully saturated rings. The zero-order valence-corrected chi connectivity index (χ0v) is 11.6. The molecular formula is C13H22N2O3. The van der Waals surface area contributed by atoms with Crippen LogP contribution in [0.25, 0.3) is 0 Å². The molecule has 2 rings (SSSR count). The van der Waals surface area contributed by atoms with Crippen LogP contribution < -0.4 is 0 Å². The summed E-state index contributed by atoms with van der Waals surface area (Å²) >= 11 is 0. The maximum atomic E-state index is 12.2. The normalized spacial score (nSPS) is 27.7. The van der Waals surface area contributed by atoms with E-state index < -0.39 is 11.7 Å². The van der Waals surface area contributed by atoms with Crippen LogP contribution in [0.3, 0.4) is 0 Å².